The molecule has 0 aliphatic rings. The average Bonchev–Trinajstić information content (AvgIpc) is 2.97. The number of imidazole rings is 1. The van der Waals surface area contributed by atoms with Crippen molar-refractivity contribution in [3.63, 3.8) is 0 Å². The molecule has 7 nitrogen and oxygen atoms in total. The van der Waals surface area contributed by atoms with Gasteiger partial charge in [0, 0.05) is 30.6 Å². The van der Waals surface area contributed by atoms with E-state index in [1.165, 1.54) is 6.07 Å². The van der Waals surface area contributed by atoms with Crippen molar-refractivity contribution < 1.29 is 14.4 Å². The lowest BCUT2D eigenvalue weighted by atomic mass is 10.1. The molecule has 0 radical (unpaired) electrons. The Morgan fingerprint density at radius 3 is 2.55 bits per heavy atom. The molecule has 0 aliphatic heterocycles. The molecule has 1 aromatic heterocycles. The summed E-state index contributed by atoms with van der Waals surface area (Å²) in [7, 11) is 0. The van der Waals surface area contributed by atoms with Crippen molar-refractivity contribution >= 4 is 5.69 Å². The third-order valence-corrected chi connectivity index (χ3v) is 3.13. The van der Waals surface area contributed by atoms with Crippen molar-refractivity contribution in [1.29, 1.82) is 0 Å². The van der Waals surface area contributed by atoms with Gasteiger partial charge in [0.25, 0.3) is 0 Å². The highest BCUT2D eigenvalue weighted by molar-refractivity contribution is 5.69. The molecule has 118 valence electrons. The van der Waals surface area contributed by atoms with Crippen molar-refractivity contribution in [3.8, 4) is 22.9 Å². The Balaban J connectivity index is 2.63. The van der Waals surface area contributed by atoms with Crippen LogP contribution in [0.5, 0.6) is 11.5 Å². The molecule has 0 bridgehead atoms. The number of hydrogen-bond donors (Lipinski definition) is 0. The minimum atomic E-state index is -0.462. The van der Waals surface area contributed by atoms with Crippen LogP contribution in [0.15, 0.2) is 24.5 Å². The number of nitro benzene ring substituents is 1. The van der Waals surface area contributed by atoms with Gasteiger partial charge in [0.1, 0.15) is 5.82 Å². The molecule has 0 atom stereocenters. The average molecular weight is 305 g/mol. The number of nitro groups is 1. The first kappa shape index (κ1) is 15.8. The molecule has 2 aromatic rings. The first-order valence-corrected chi connectivity index (χ1v) is 7.21. The smallest absolute Gasteiger partial charge is 0.315 e. The molecule has 0 fully saturated rings. The molecule has 0 saturated carbocycles. The van der Waals surface area contributed by atoms with Gasteiger partial charge in [0.05, 0.1) is 18.1 Å². The van der Waals surface area contributed by atoms with Crippen LogP contribution in [0.3, 0.4) is 0 Å². The van der Waals surface area contributed by atoms with Gasteiger partial charge in [-0.05, 0) is 26.8 Å². The summed E-state index contributed by atoms with van der Waals surface area (Å²) in [5, 5.41) is 11.4. The number of ether oxygens (including phenoxy) is 2. The van der Waals surface area contributed by atoms with Crippen LogP contribution in [0.1, 0.15) is 20.8 Å². The summed E-state index contributed by atoms with van der Waals surface area (Å²) in [6, 6.07) is 3.21. The topological polar surface area (TPSA) is 79.4 Å². The van der Waals surface area contributed by atoms with E-state index in [1.54, 1.807) is 19.2 Å². The molecule has 0 saturated heterocycles. The summed E-state index contributed by atoms with van der Waals surface area (Å²) in [6.07, 6.45) is 3.50. The molecule has 1 heterocycles. The fourth-order valence-electron chi connectivity index (χ4n) is 2.23. The van der Waals surface area contributed by atoms with Gasteiger partial charge in [-0.1, -0.05) is 0 Å². The number of aryl methyl sites for hydroxylation is 1. The predicted molar refractivity (Wildman–Crippen MR) is 82.3 cm³/mol. The predicted octanol–water partition coefficient (Wildman–Crippen LogP) is 3.28. The highest BCUT2D eigenvalue weighted by Gasteiger charge is 2.24. The minimum Gasteiger partial charge on any atom is -0.490 e. The molecule has 0 N–H and O–H groups in total. The number of benzene rings is 1. The molecule has 0 unspecified atom stereocenters. The van der Waals surface area contributed by atoms with E-state index in [0.29, 0.717) is 30.4 Å². The zero-order chi connectivity index (χ0) is 16.1. The van der Waals surface area contributed by atoms with Crippen LogP contribution in [0.25, 0.3) is 11.4 Å². The van der Waals surface area contributed by atoms with Gasteiger partial charge in [0.2, 0.25) is 5.75 Å². The summed E-state index contributed by atoms with van der Waals surface area (Å²) >= 11 is 0. The normalized spacial score (nSPS) is 10.5. The zero-order valence-electron chi connectivity index (χ0n) is 12.9. The van der Waals surface area contributed by atoms with E-state index in [-0.39, 0.29) is 11.4 Å². The Morgan fingerprint density at radius 2 is 1.95 bits per heavy atom. The largest absolute Gasteiger partial charge is 0.490 e. The highest BCUT2D eigenvalue weighted by Crippen LogP contribution is 2.41. The number of nitrogens with zero attached hydrogens (tertiary/aromatic N) is 3. The minimum absolute atomic E-state index is 0.117. The van der Waals surface area contributed by atoms with Crippen molar-refractivity contribution in [2.75, 3.05) is 13.2 Å². The van der Waals surface area contributed by atoms with Crippen LogP contribution in [0.2, 0.25) is 0 Å². The van der Waals surface area contributed by atoms with E-state index in [2.05, 4.69) is 4.98 Å². The quantitative estimate of drug-likeness (QED) is 0.579. The second-order valence-electron chi connectivity index (χ2n) is 4.48. The number of rotatable bonds is 7. The number of hydrogen-bond acceptors (Lipinski definition) is 5. The Morgan fingerprint density at radius 1 is 1.23 bits per heavy atom. The van der Waals surface area contributed by atoms with E-state index in [0.717, 1.165) is 6.54 Å². The van der Waals surface area contributed by atoms with E-state index in [9.17, 15) is 10.1 Å². The van der Waals surface area contributed by atoms with Crippen molar-refractivity contribution in [1.82, 2.24) is 9.55 Å². The van der Waals surface area contributed by atoms with Crippen LogP contribution >= 0.6 is 0 Å². The van der Waals surface area contributed by atoms with Gasteiger partial charge in [0.15, 0.2) is 5.75 Å². The molecular formula is C15H19N3O4. The van der Waals surface area contributed by atoms with Crippen LogP contribution in [0, 0.1) is 10.1 Å². The lowest BCUT2D eigenvalue weighted by Gasteiger charge is -2.13. The fourth-order valence-corrected chi connectivity index (χ4v) is 2.23. The molecular weight excluding hydrogens is 286 g/mol. The Labute approximate surface area is 128 Å². The van der Waals surface area contributed by atoms with Crippen LogP contribution in [-0.2, 0) is 6.54 Å². The Bertz CT molecular complexity index is 667. The highest BCUT2D eigenvalue weighted by atomic mass is 16.6. The number of aromatic nitrogens is 2. The maximum atomic E-state index is 11.4. The molecule has 2 rings (SSSR count). The van der Waals surface area contributed by atoms with Crippen LogP contribution in [0.4, 0.5) is 5.69 Å². The van der Waals surface area contributed by atoms with E-state index in [1.807, 2.05) is 24.6 Å². The first-order chi connectivity index (χ1) is 10.6. The van der Waals surface area contributed by atoms with E-state index in [4.69, 9.17) is 9.47 Å². The lowest BCUT2D eigenvalue weighted by Crippen LogP contribution is -2.04. The second-order valence-corrected chi connectivity index (χ2v) is 4.48. The van der Waals surface area contributed by atoms with Gasteiger partial charge < -0.3 is 14.0 Å². The molecule has 1 aromatic carbocycles. The van der Waals surface area contributed by atoms with E-state index < -0.39 is 4.92 Å². The van der Waals surface area contributed by atoms with E-state index >= 15 is 0 Å². The van der Waals surface area contributed by atoms with Crippen molar-refractivity contribution in [3.05, 3.63) is 34.6 Å². The maximum absolute atomic E-state index is 11.4. The summed E-state index contributed by atoms with van der Waals surface area (Å²) in [4.78, 5) is 15.2. The standard InChI is InChI=1S/C15H19N3O4/c1-4-17-8-7-16-15(17)11-9-12(18(19)20)14(22-6-3)13(10-11)21-5-2/h7-10H,4-6H2,1-3H3. The van der Waals surface area contributed by atoms with Crippen LogP contribution in [-0.4, -0.2) is 27.7 Å². The maximum Gasteiger partial charge on any atom is 0.315 e. The summed E-state index contributed by atoms with van der Waals surface area (Å²) in [6.45, 7) is 7.02. The fraction of sp³-hybridized carbons (Fsp3) is 0.400. The van der Waals surface area contributed by atoms with Crippen LogP contribution < -0.4 is 9.47 Å². The zero-order valence-corrected chi connectivity index (χ0v) is 12.9. The Kier molecular flexibility index (Phi) is 4.98. The molecule has 0 spiro atoms. The van der Waals surface area contributed by atoms with Crippen molar-refractivity contribution in [2.45, 2.75) is 27.3 Å². The molecule has 7 heteroatoms. The second kappa shape index (κ2) is 6.93. The monoisotopic (exact) mass is 305 g/mol. The lowest BCUT2D eigenvalue weighted by molar-refractivity contribution is -0.385. The summed E-state index contributed by atoms with van der Waals surface area (Å²) in [5.74, 6) is 1.18. The SMILES string of the molecule is CCOc1cc(-c2nccn2CC)cc([N+](=O)[O-])c1OCC. The van der Waals surface area contributed by atoms with Gasteiger partial charge in [-0.3, -0.25) is 10.1 Å². The van der Waals surface area contributed by atoms with Gasteiger partial charge in [-0.25, -0.2) is 4.98 Å². The Hall–Kier alpha value is -2.57. The van der Waals surface area contributed by atoms with Gasteiger partial charge >= 0.3 is 5.69 Å². The van der Waals surface area contributed by atoms with Gasteiger partial charge in [-0.2, -0.15) is 0 Å². The first-order valence-electron chi connectivity index (χ1n) is 7.21. The molecule has 22 heavy (non-hydrogen) atoms. The third kappa shape index (κ3) is 3.03. The third-order valence-electron chi connectivity index (χ3n) is 3.13. The molecule has 0 amide bonds. The van der Waals surface area contributed by atoms with Crippen molar-refractivity contribution in [2.24, 2.45) is 0 Å². The summed E-state index contributed by atoms with van der Waals surface area (Å²) < 4.78 is 12.9. The van der Waals surface area contributed by atoms with Gasteiger partial charge in [-0.15, -0.1) is 0 Å². The summed E-state index contributed by atoms with van der Waals surface area (Å²) in [5.41, 5.74) is 0.513. The molecule has 0 aliphatic carbocycles.